The fraction of sp³-hybridized carbons (Fsp3) is 0.864. The van der Waals surface area contributed by atoms with Crippen LogP contribution in [0.2, 0.25) is 0 Å². The highest BCUT2D eigenvalue weighted by Crippen LogP contribution is 2.68. The number of allylic oxidation sites excluding steroid dienone is 1. The summed E-state index contributed by atoms with van der Waals surface area (Å²) < 4.78 is 16.3. The molecule has 8 atom stereocenters. The summed E-state index contributed by atoms with van der Waals surface area (Å²) >= 11 is 0. The van der Waals surface area contributed by atoms with Crippen molar-refractivity contribution in [2.45, 2.75) is 84.3 Å². The average molecular weight is 426 g/mol. The highest BCUT2D eigenvalue weighted by atomic mass is 31.2. The van der Waals surface area contributed by atoms with Crippen LogP contribution in [0.4, 0.5) is 0 Å². The molecule has 6 nitrogen and oxygen atoms in total. The molecular formula is C22H35O6P. The number of phosphoric acid groups is 1. The summed E-state index contributed by atoms with van der Waals surface area (Å²) in [4.78, 5) is 30.9. The topological polar surface area (TPSA) is 104 Å². The Hall–Kier alpha value is -0.520. The van der Waals surface area contributed by atoms with E-state index in [9.17, 15) is 24.3 Å². The van der Waals surface area contributed by atoms with Crippen LogP contribution in [-0.4, -0.2) is 32.4 Å². The van der Waals surface area contributed by atoms with E-state index < -0.39 is 19.5 Å². The van der Waals surface area contributed by atoms with E-state index in [0.717, 1.165) is 32.1 Å². The van der Waals surface area contributed by atoms with E-state index in [2.05, 4.69) is 19.9 Å². The number of hydrogen-bond acceptors (Lipinski definition) is 4. The lowest BCUT2D eigenvalue weighted by Crippen LogP contribution is -2.58. The SMILES string of the molecule is CC(=O)[C@@]1(O)[C@H](C)C[C@@H]2[C@@H]3CC=C4C[C@H](OP(=O)(O)O)CC[C@]4(C)[C@H]3CC[C@@]21C. The molecule has 4 rings (SSSR count). The van der Waals surface area contributed by atoms with Crippen LogP contribution in [0, 0.1) is 34.5 Å². The molecule has 0 spiro atoms. The van der Waals surface area contributed by atoms with Crippen molar-refractivity contribution in [1.29, 1.82) is 0 Å². The van der Waals surface area contributed by atoms with Gasteiger partial charge in [0, 0.05) is 5.41 Å². The zero-order valence-electron chi connectivity index (χ0n) is 17.9. The number of phosphoric ester groups is 1. The number of aliphatic hydroxyl groups is 1. The zero-order valence-corrected chi connectivity index (χ0v) is 18.8. The number of hydrogen-bond donors (Lipinski definition) is 3. The predicted octanol–water partition coefficient (Wildman–Crippen LogP) is 3.99. The lowest BCUT2D eigenvalue weighted by atomic mass is 9.46. The van der Waals surface area contributed by atoms with Gasteiger partial charge in [0.1, 0.15) is 5.60 Å². The summed E-state index contributed by atoms with van der Waals surface area (Å²) in [6.45, 7) is 8.00. The average Bonchev–Trinajstić information content (AvgIpc) is 2.82. The van der Waals surface area contributed by atoms with E-state index in [1.165, 1.54) is 5.57 Å². The standard InChI is InChI=1S/C22H35O6P/c1-13-11-19-17-6-5-15-12-16(28-29(25,26)27)7-9-20(15,3)18(17)8-10-21(19,4)22(13,24)14(2)23/h5,13,16-19,24H,6-12H2,1-4H3,(H2,25,26,27)/t13-,16-,17-,18+,19-,20+,21+,22+/m1/s1. The van der Waals surface area contributed by atoms with Crippen molar-refractivity contribution in [2.75, 3.05) is 0 Å². The summed E-state index contributed by atoms with van der Waals surface area (Å²) in [6, 6.07) is 0. The number of carbonyl (C=O) groups excluding carboxylic acids is 1. The molecule has 0 aromatic carbocycles. The van der Waals surface area contributed by atoms with E-state index in [-0.39, 0.29) is 22.5 Å². The van der Waals surface area contributed by atoms with Crippen LogP contribution in [0.3, 0.4) is 0 Å². The van der Waals surface area contributed by atoms with Gasteiger partial charge in [0.05, 0.1) is 6.10 Å². The van der Waals surface area contributed by atoms with Gasteiger partial charge in [-0.15, -0.1) is 0 Å². The van der Waals surface area contributed by atoms with Crippen molar-refractivity contribution in [3.05, 3.63) is 11.6 Å². The molecule has 29 heavy (non-hydrogen) atoms. The van der Waals surface area contributed by atoms with Gasteiger partial charge in [-0.25, -0.2) is 4.57 Å². The van der Waals surface area contributed by atoms with Crippen molar-refractivity contribution in [3.63, 3.8) is 0 Å². The van der Waals surface area contributed by atoms with Crippen LogP contribution in [0.15, 0.2) is 11.6 Å². The highest BCUT2D eigenvalue weighted by Gasteiger charge is 2.67. The number of rotatable bonds is 3. The molecule has 0 aromatic heterocycles. The molecular weight excluding hydrogens is 391 g/mol. The maximum absolute atomic E-state index is 12.5. The molecule has 4 aliphatic rings. The van der Waals surface area contributed by atoms with Crippen molar-refractivity contribution >= 4 is 13.6 Å². The first-order valence-electron chi connectivity index (χ1n) is 11.0. The van der Waals surface area contributed by atoms with Gasteiger partial charge in [-0.3, -0.25) is 9.32 Å². The molecule has 4 aliphatic carbocycles. The number of ketones is 1. The van der Waals surface area contributed by atoms with E-state index in [0.29, 0.717) is 30.6 Å². The van der Waals surface area contributed by atoms with E-state index >= 15 is 0 Å². The smallest absolute Gasteiger partial charge is 0.381 e. The van der Waals surface area contributed by atoms with Gasteiger partial charge in [-0.2, -0.15) is 0 Å². The van der Waals surface area contributed by atoms with Crippen molar-refractivity contribution < 1.29 is 28.8 Å². The summed E-state index contributed by atoms with van der Waals surface area (Å²) in [5.74, 6) is 1.13. The second-order valence-electron chi connectivity index (χ2n) is 10.6. The molecule has 7 heteroatoms. The van der Waals surface area contributed by atoms with Crippen molar-refractivity contribution in [3.8, 4) is 0 Å². The molecule has 3 fully saturated rings. The molecule has 164 valence electrons. The van der Waals surface area contributed by atoms with Crippen LogP contribution >= 0.6 is 7.82 Å². The maximum Gasteiger partial charge on any atom is 0.469 e. The molecule has 3 saturated carbocycles. The largest absolute Gasteiger partial charge is 0.469 e. The maximum atomic E-state index is 12.5. The second-order valence-corrected chi connectivity index (χ2v) is 11.8. The second kappa shape index (κ2) is 6.74. The molecule has 0 saturated heterocycles. The van der Waals surface area contributed by atoms with Gasteiger partial charge in [0.25, 0.3) is 0 Å². The Kier molecular flexibility index (Phi) is 5.04. The predicted molar refractivity (Wildman–Crippen MR) is 109 cm³/mol. The summed E-state index contributed by atoms with van der Waals surface area (Å²) in [7, 11) is -4.47. The van der Waals surface area contributed by atoms with Gasteiger partial charge >= 0.3 is 7.82 Å². The molecule has 0 unspecified atom stereocenters. The minimum absolute atomic E-state index is 0.0131. The van der Waals surface area contributed by atoms with Gasteiger partial charge in [-0.05, 0) is 81.0 Å². The Morgan fingerprint density at radius 1 is 1.21 bits per heavy atom. The van der Waals surface area contributed by atoms with Crippen LogP contribution in [0.25, 0.3) is 0 Å². The van der Waals surface area contributed by atoms with Crippen LogP contribution < -0.4 is 0 Å². The number of carbonyl (C=O) groups is 1. The molecule has 0 radical (unpaired) electrons. The van der Waals surface area contributed by atoms with Crippen LogP contribution in [-0.2, 0) is 13.9 Å². The van der Waals surface area contributed by atoms with Gasteiger partial charge in [-0.1, -0.05) is 32.4 Å². The van der Waals surface area contributed by atoms with Gasteiger partial charge in [0.15, 0.2) is 5.78 Å². The van der Waals surface area contributed by atoms with E-state index in [4.69, 9.17) is 4.52 Å². The molecule has 0 aliphatic heterocycles. The normalized spacial score (nSPS) is 49.6. The molecule has 3 N–H and O–H groups in total. The third-order valence-corrected chi connectivity index (χ3v) is 10.0. The highest BCUT2D eigenvalue weighted by molar-refractivity contribution is 7.46. The van der Waals surface area contributed by atoms with Crippen LogP contribution in [0.1, 0.15) is 72.6 Å². The van der Waals surface area contributed by atoms with Crippen molar-refractivity contribution in [2.24, 2.45) is 34.5 Å². The summed E-state index contributed by atoms with van der Waals surface area (Å²) in [5, 5.41) is 11.5. The lowest BCUT2D eigenvalue weighted by Gasteiger charge is -2.58. The minimum Gasteiger partial charge on any atom is -0.381 e. The fourth-order valence-corrected chi connectivity index (χ4v) is 8.57. The summed E-state index contributed by atoms with van der Waals surface area (Å²) in [5.41, 5.74) is -0.316. The van der Waals surface area contributed by atoms with Crippen molar-refractivity contribution in [1.82, 2.24) is 0 Å². The quantitative estimate of drug-likeness (QED) is 0.466. The molecule has 0 amide bonds. The van der Waals surface area contributed by atoms with Gasteiger partial charge in [0.2, 0.25) is 0 Å². The zero-order chi connectivity index (χ0) is 21.4. The first kappa shape index (κ1) is 21.7. The third-order valence-electron chi connectivity index (χ3n) is 9.46. The first-order valence-corrected chi connectivity index (χ1v) is 12.5. The molecule has 0 heterocycles. The number of Topliss-reactive ketones (excluding diaryl/α,β-unsaturated/α-hetero) is 1. The Bertz CT molecular complexity index is 788. The van der Waals surface area contributed by atoms with E-state index in [1.807, 2.05) is 6.92 Å². The Labute approximate surface area is 173 Å². The minimum atomic E-state index is -4.47. The van der Waals surface area contributed by atoms with E-state index in [1.54, 1.807) is 6.92 Å². The Morgan fingerprint density at radius 3 is 2.52 bits per heavy atom. The molecule has 0 aromatic rings. The Morgan fingerprint density at radius 2 is 1.90 bits per heavy atom. The van der Waals surface area contributed by atoms with Crippen LogP contribution in [0.5, 0.6) is 0 Å². The monoisotopic (exact) mass is 426 g/mol. The lowest BCUT2D eigenvalue weighted by molar-refractivity contribution is -0.165. The Balaban J connectivity index is 1.62. The first-order chi connectivity index (χ1) is 13.3. The summed E-state index contributed by atoms with van der Waals surface area (Å²) in [6.07, 6.45) is 7.59. The number of fused-ring (bicyclic) bond motifs is 5. The fourth-order valence-electron chi connectivity index (χ4n) is 8.00. The van der Waals surface area contributed by atoms with Gasteiger partial charge < -0.3 is 14.9 Å². The third kappa shape index (κ3) is 3.05. The molecule has 0 bridgehead atoms.